The molecule has 0 atom stereocenters. The number of para-hydroxylation sites is 1. The van der Waals surface area contributed by atoms with Gasteiger partial charge in [0.1, 0.15) is 35.2 Å². The van der Waals surface area contributed by atoms with E-state index in [0.29, 0.717) is 27.8 Å². The number of nitrogens with zero attached hydrogens (tertiary/aromatic N) is 6. The van der Waals surface area contributed by atoms with Crippen LogP contribution in [0.4, 0.5) is 20.3 Å². The average molecular weight is 524 g/mol. The maximum Gasteiger partial charge on any atom is 0.266 e. The third-order valence-corrected chi connectivity index (χ3v) is 6.56. The zero-order chi connectivity index (χ0) is 27.3. The Hall–Kier alpha value is -5.32. The summed E-state index contributed by atoms with van der Waals surface area (Å²) in [6.45, 7) is 1.88. The fraction of sp³-hybridized carbons (Fsp3) is 0.0714. The molecule has 3 aromatic carbocycles. The summed E-state index contributed by atoms with van der Waals surface area (Å²) in [5.74, 6) is -1.20. The standard InChI is InChI=1S/C28H19F2N7O2/c1-15-5-2-3-8-22(15)37-20(11-16-6-4-7-21(30)23(16)28(37)38)13-36-27-24(26(31)32-14-33-27)25(34-36)17-9-18(29)12-19(10-17)35-39/h2-12,14H,13H2,1H3,(H2,31,32,33). The zero-order valence-electron chi connectivity index (χ0n) is 20.5. The molecule has 192 valence electrons. The lowest BCUT2D eigenvalue weighted by Crippen LogP contribution is -2.25. The maximum atomic E-state index is 14.8. The highest BCUT2D eigenvalue weighted by Gasteiger charge is 2.21. The number of nitrogen functional groups attached to an aromatic ring is 1. The summed E-state index contributed by atoms with van der Waals surface area (Å²) >= 11 is 0. The summed E-state index contributed by atoms with van der Waals surface area (Å²) < 4.78 is 32.1. The molecule has 3 heterocycles. The molecule has 2 N–H and O–H groups in total. The van der Waals surface area contributed by atoms with Gasteiger partial charge in [-0.3, -0.25) is 9.36 Å². The van der Waals surface area contributed by atoms with Crippen LogP contribution in [0, 0.1) is 23.5 Å². The Morgan fingerprint density at radius 2 is 1.79 bits per heavy atom. The molecule has 6 rings (SSSR count). The van der Waals surface area contributed by atoms with E-state index in [1.807, 2.05) is 19.1 Å². The number of fused-ring (bicyclic) bond motifs is 2. The van der Waals surface area contributed by atoms with E-state index in [1.165, 1.54) is 39.8 Å². The second kappa shape index (κ2) is 9.21. The zero-order valence-corrected chi connectivity index (χ0v) is 20.5. The molecular weight excluding hydrogens is 504 g/mol. The molecule has 9 nitrogen and oxygen atoms in total. The number of anilines is 1. The predicted molar refractivity (Wildman–Crippen MR) is 144 cm³/mol. The van der Waals surface area contributed by atoms with Crippen LogP contribution in [-0.2, 0) is 6.54 Å². The first-order valence-corrected chi connectivity index (χ1v) is 11.9. The number of benzene rings is 3. The van der Waals surface area contributed by atoms with Crippen molar-refractivity contribution in [3.63, 3.8) is 0 Å². The van der Waals surface area contributed by atoms with E-state index in [0.717, 1.165) is 11.6 Å². The first-order valence-electron chi connectivity index (χ1n) is 11.9. The Balaban J connectivity index is 1.63. The predicted octanol–water partition coefficient (Wildman–Crippen LogP) is 5.41. The normalized spacial score (nSPS) is 11.4. The summed E-state index contributed by atoms with van der Waals surface area (Å²) in [5.41, 5.74) is 8.25. The van der Waals surface area contributed by atoms with Gasteiger partial charge in [0.15, 0.2) is 5.65 Å². The van der Waals surface area contributed by atoms with E-state index in [-0.39, 0.29) is 34.7 Å². The van der Waals surface area contributed by atoms with Crippen LogP contribution >= 0.6 is 0 Å². The van der Waals surface area contributed by atoms with Gasteiger partial charge in [-0.2, -0.15) is 5.10 Å². The highest BCUT2D eigenvalue weighted by Crippen LogP contribution is 2.33. The Morgan fingerprint density at radius 3 is 2.59 bits per heavy atom. The number of halogens is 2. The SMILES string of the molecule is Cc1ccccc1-n1c(Cn2nc(-c3cc(F)cc(N=O)c3)c3c(N)ncnc32)cc2cccc(F)c2c1=O. The molecule has 0 fully saturated rings. The number of pyridine rings is 1. The maximum absolute atomic E-state index is 14.8. The monoisotopic (exact) mass is 523 g/mol. The lowest BCUT2D eigenvalue weighted by Gasteiger charge is -2.17. The number of nitrogens with two attached hydrogens (primary N) is 1. The molecule has 39 heavy (non-hydrogen) atoms. The van der Waals surface area contributed by atoms with Gasteiger partial charge in [0.25, 0.3) is 5.56 Å². The van der Waals surface area contributed by atoms with Crippen molar-refractivity contribution in [3.05, 3.63) is 111 Å². The Morgan fingerprint density at radius 1 is 0.974 bits per heavy atom. The largest absolute Gasteiger partial charge is 0.383 e. The smallest absolute Gasteiger partial charge is 0.266 e. The summed E-state index contributed by atoms with van der Waals surface area (Å²) in [6.07, 6.45) is 1.27. The molecule has 0 saturated carbocycles. The van der Waals surface area contributed by atoms with Gasteiger partial charge in [-0.05, 0) is 53.4 Å². The van der Waals surface area contributed by atoms with Crippen LogP contribution < -0.4 is 11.3 Å². The Bertz CT molecular complexity index is 2000. The fourth-order valence-electron chi connectivity index (χ4n) is 4.83. The van der Waals surface area contributed by atoms with E-state index >= 15 is 0 Å². The lowest BCUT2D eigenvalue weighted by molar-refractivity contribution is 0.628. The summed E-state index contributed by atoms with van der Waals surface area (Å²) in [7, 11) is 0. The minimum Gasteiger partial charge on any atom is -0.383 e. The van der Waals surface area contributed by atoms with Gasteiger partial charge in [0, 0.05) is 17.3 Å². The van der Waals surface area contributed by atoms with Crippen LogP contribution in [0.15, 0.2) is 83.0 Å². The molecule has 0 aliphatic heterocycles. The molecule has 11 heteroatoms. The third-order valence-electron chi connectivity index (χ3n) is 6.56. The van der Waals surface area contributed by atoms with Gasteiger partial charge in [0.2, 0.25) is 0 Å². The molecule has 0 spiro atoms. The topological polar surface area (TPSA) is 121 Å². The lowest BCUT2D eigenvalue weighted by atomic mass is 10.1. The van der Waals surface area contributed by atoms with E-state index in [9.17, 15) is 18.5 Å². The summed E-state index contributed by atoms with van der Waals surface area (Å²) in [5, 5.41) is 8.23. The molecule has 0 saturated heterocycles. The van der Waals surface area contributed by atoms with Crippen LogP contribution in [0.1, 0.15) is 11.3 Å². The number of aryl methyl sites for hydroxylation is 1. The highest BCUT2D eigenvalue weighted by molar-refractivity contribution is 5.98. The highest BCUT2D eigenvalue weighted by atomic mass is 19.1. The Labute approximate surface area is 219 Å². The number of hydrogen-bond acceptors (Lipinski definition) is 7. The van der Waals surface area contributed by atoms with E-state index < -0.39 is 17.2 Å². The number of rotatable bonds is 5. The number of nitroso groups, excluding NO2 is 1. The van der Waals surface area contributed by atoms with Crippen molar-refractivity contribution in [1.82, 2.24) is 24.3 Å². The second-order valence-electron chi connectivity index (χ2n) is 9.02. The van der Waals surface area contributed by atoms with Crippen molar-refractivity contribution in [2.45, 2.75) is 13.5 Å². The van der Waals surface area contributed by atoms with Crippen LogP contribution in [0.2, 0.25) is 0 Å². The van der Waals surface area contributed by atoms with Gasteiger partial charge >= 0.3 is 0 Å². The van der Waals surface area contributed by atoms with Gasteiger partial charge in [0.05, 0.1) is 23.0 Å². The minimum atomic E-state index is -0.676. The van der Waals surface area contributed by atoms with Crippen molar-refractivity contribution in [2.75, 3.05) is 5.73 Å². The molecule has 0 amide bonds. The van der Waals surface area contributed by atoms with Crippen molar-refractivity contribution in [3.8, 4) is 16.9 Å². The first-order chi connectivity index (χ1) is 18.9. The summed E-state index contributed by atoms with van der Waals surface area (Å²) in [6, 6.07) is 17.0. The first kappa shape index (κ1) is 24.0. The average Bonchev–Trinajstić information content (AvgIpc) is 3.29. The molecule has 6 aromatic rings. The molecule has 0 unspecified atom stereocenters. The van der Waals surface area contributed by atoms with E-state index in [1.54, 1.807) is 24.3 Å². The number of aromatic nitrogens is 5. The molecule has 0 radical (unpaired) electrons. The third kappa shape index (κ3) is 4.00. The van der Waals surface area contributed by atoms with Gasteiger partial charge in [-0.1, -0.05) is 30.3 Å². The van der Waals surface area contributed by atoms with Gasteiger partial charge in [-0.25, -0.2) is 23.4 Å². The van der Waals surface area contributed by atoms with Crippen molar-refractivity contribution >= 4 is 33.3 Å². The van der Waals surface area contributed by atoms with E-state index in [4.69, 9.17) is 5.73 Å². The van der Waals surface area contributed by atoms with Gasteiger partial charge < -0.3 is 5.73 Å². The van der Waals surface area contributed by atoms with Crippen LogP contribution in [-0.4, -0.2) is 24.3 Å². The molecule has 0 bridgehead atoms. The second-order valence-corrected chi connectivity index (χ2v) is 9.02. The minimum absolute atomic E-state index is 0.0249. The fourth-order valence-corrected chi connectivity index (χ4v) is 4.83. The van der Waals surface area contributed by atoms with Crippen LogP contribution in [0.3, 0.4) is 0 Å². The van der Waals surface area contributed by atoms with Crippen molar-refractivity contribution in [1.29, 1.82) is 0 Å². The van der Waals surface area contributed by atoms with Crippen LogP contribution in [0.25, 0.3) is 38.8 Å². The van der Waals surface area contributed by atoms with E-state index in [2.05, 4.69) is 20.2 Å². The molecular formula is C28H19F2N7O2. The van der Waals surface area contributed by atoms with Gasteiger partial charge in [-0.15, -0.1) is 4.91 Å². The van der Waals surface area contributed by atoms with Crippen molar-refractivity contribution in [2.24, 2.45) is 5.18 Å². The molecule has 0 aliphatic rings. The summed E-state index contributed by atoms with van der Waals surface area (Å²) in [4.78, 5) is 33.3. The van der Waals surface area contributed by atoms with Crippen molar-refractivity contribution < 1.29 is 8.78 Å². The van der Waals surface area contributed by atoms with Crippen LogP contribution in [0.5, 0.6) is 0 Å². The Kier molecular flexibility index (Phi) is 5.68. The molecule has 3 aromatic heterocycles. The molecule has 0 aliphatic carbocycles. The quantitative estimate of drug-likeness (QED) is 0.302. The number of hydrogen-bond donors (Lipinski definition) is 1.